The van der Waals surface area contributed by atoms with E-state index < -0.39 is 18.0 Å². The number of hydrogen-bond acceptors (Lipinski definition) is 5. The van der Waals surface area contributed by atoms with Crippen LogP contribution in [0.1, 0.15) is 37.2 Å². The third-order valence-corrected chi connectivity index (χ3v) is 5.28. The Labute approximate surface area is 152 Å². The lowest BCUT2D eigenvalue weighted by Crippen LogP contribution is -2.29. The second kappa shape index (κ2) is 7.85. The van der Waals surface area contributed by atoms with Crippen LogP contribution in [0.3, 0.4) is 0 Å². The van der Waals surface area contributed by atoms with Crippen molar-refractivity contribution in [3.05, 3.63) is 23.8 Å². The summed E-state index contributed by atoms with van der Waals surface area (Å²) in [6.07, 6.45) is 4.02. The monoisotopic (exact) mass is 363 g/mol. The van der Waals surface area contributed by atoms with Crippen molar-refractivity contribution in [1.82, 2.24) is 4.90 Å². The number of aliphatic carboxylic acids is 1. The fourth-order valence-electron chi connectivity index (χ4n) is 3.87. The first-order valence-corrected chi connectivity index (χ1v) is 8.93. The highest BCUT2D eigenvalue weighted by molar-refractivity contribution is 5.75. The lowest BCUT2D eigenvalue weighted by molar-refractivity contribution is -0.141. The van der Waals surface area contributed by atoms with E-state index in [-0.39, 0.29) is 18.6 Å². The van der Waals surface area contributed by atoms with Gasteiger partial charge in [0.25, 0.3) is 0 Å². The molecule has 0 bridgehead atoms. The summed E-state index contributed by atoms with van der Waals surface area (Å²) in [4.78, 5) is 25.0. The highest BCUT2D eigenvalue weighted by Crippen LogP contribution is 2.39. The summed E-state index contributed by atoms with van der Waals surface area (Å²) in [5.74, 6) is -0.645. The summed E-state index contributed by atoms with van der Waals surface area (Å²) >= 11 is 0. The Balaban J connectivity index is 1.86. The number of methoxy groups -OCH3 is 2. The molecule has 7 nitrogen and oxygen atoms in total. The van der Waals surface area contributed by atoms with E-state index in [2.05, 4.69) is 0 Å². The minimum Gasteiger partial charge on any atom is -0.493 e. The van der Waals surface area contributed by atoms with Crippen molar-refractivity contribution >= 4 is 12.1 Å². The van der Waals surface area contributed by atoms with Gasteiger partial charge < -0.3 is 24.2 Å². The zero-order valence-electron chi connectivity index (χ0n) is 15.1. The number of carbonyl (C=O) groups excluding carboxylic acids is 1. The van der Waals surface area contributed by atoms with E-state index >= 15 is 0 Å². The fraction of sp³-hybridized carbons (Fsp3) is 0.579. The first kappa shape index (κ1) is 18.4. The lowest BCUT2D eigenvalue weighted by Gasteiger charge is -2.20. The van der Waals surface area contributed by atoms with Crippen LogP contribution in [0.25, 0.3) is 0 Å². The maximum atomic E-state index is 11.8. The second-order valence-corrected chi connectivity index (χ2v) is 6.86. The molecule has 0 aromatic heterocycles. The maximum absolute atomic E-state index is 11.8. The van der Waals surface area contributed by atoms with Crippen molar-refractivity contribution < 1.29 is 28.9 Å². The molecule has 1 heterocycles. The third kappa shape index (κ3) is 3.71. The van der Waals surface area contributed by atoms with Gasteiger partial charge in [-0.05, 0) is 43.4 Å². The van der Waals surface area contributed by atoms with E-state index in [0.29, 0.717) is 18.0 Å². The van der Waals surface area contributed by atoms with Crippen LogP contribution in [0, 0.1) is 5.92 Å². The molecule has 1 saturated heterocycles. The van der Waals surface area contributed by atoms with Gasteiger partial charge in [0.15, 0.2) is 11.5 Å². The molecule has 142 valence electrons. The molecule has 3 rings (SSSR count). The number of carbonyl (C=O) groups is 2. The topological polar surface area (TPSA) is 85.3 Å². The molecule has 1 aromatic rings. The number of benzene rings is 1. The van der Waals surface area contributed by atoms with Gasteiger partial charge in [0.05, 0.1) is 26.2 Å². The molecule has 1 saturated carbocycles. The van der Waals surface area contributed by atoms with Crippen molar-refractivity contribution in [3.8, 4) is 11.5 Å². The standard InChI is InChI=1S/C19H25NO6/c1-24-16-8-7-12(9-17(16)26-13-5-3-4-6-13)14-10-20(19(23)25-2)11-15(14)18(21)22/h7-9,13-15H,3-6,10-11H2,1-2H3,(H,21,22). The largest absolute Gasteiger partial charge is 0.493 e. The van der Waals surface area contributed by atoms with Gasteiger partial charge >= 0.3 is 12.1 Å². The molecule has 2 unspecified atom stereocenters. The Bertz CT molecular complexity index is 670. The van der Waals surface area contributed by atoms with E-state index in [4.69, 9.17) is 14.2 Å². The minimum atomic E-state index is -0.921. The van der Waals surface area contributed by atoms with Crippen molar-refractivity contribution in [1.29, 1.82) is 0 Å². The zero-order valence-corrected chi connectivity index (χ0v) is 15.1. The zero-order chi connectivity index (χ0) is 18.7. The Morgan fingerprint density at radius 2 is 1.85 bits per heavy atom. The van der Waals surface area contributed by atoms with Crippen molar-refractivity contribution in [2.45, 2.75) is 37.7 Å². The summed E-state index contributed by atoms with van der Waals surface area (Å²) in [6, 6.07) is 5.51. The molecule has 0 spiro atoms. The van der Waals surface area contributed by atoms with E-state index in [1.165, 1.54) is 12.0 Å². The maximum Gasteiger partial charge on any atom is 0.409 e. The summed E-state index contributed by atoms with van der Waals surface area (Å²) in [5, 5.41) is 9.58. The van der Waals surface area contributed by atoms with Gasteiger partial charge in [-0.2, -0.15) is 0 Å². The molecule has 1 aliphatic heterocycles. The Hall–Kier alpha value is -2.44. The van der Waals surface area contributed by atoms with Crippen LogP contribution >= 0.6 is 0 Å². The van der Waals surface area contributed by atoms with Crippen molar-refractivity contribution in [2.24, 2.45) is 5.92 Å². The number of rotatable bonds is 5. The van der Waals surface area contributed by atoms with Gasteiger partial charge in [0.1, 0.15) is 0 Å². The van der Waals surface area contributed by atoms with Gasteiger partial charge in [0.2, 0.25) is 0 Å². The van der Waals surface area contributed by atoms with Gasteiger partial charge in [-0.25, -0.2) is 4.79 Å². The summed E-state index contributed by atoms with van der Waals surface area (Å²) < 4.78 is 16.3. The highest BCUT2D eigenvalue weighted by atomic mass is 16.5. The molecular formula is C19H25NO6. The average Bonchev–Trinajstić information content (AvgIpc) is 3.30. The minimum absolute atomic E-state index is 0.136. The molecule has 2 fully saturated rings. The summed E-state index contributed by atoms with van der Waals surface area (Å²) in [7, 11) is 2.89. The van der Waals surface area contributed by atoms with Crippen molar-refractivity contribution in [3.63, 3.8) is 0 Å². The molecular weight excluding hydrogens is 338 g/mol. The van der Waals surface area contributed by atoms with Crippen LogP contribution in [0.2, 0.25) is 0 Å². The van der Waals surface area contributed by atoms with Gasteiger partial charge in [-0.15, -0.1) is 0 Å². The molecule has 1 N–H and O–H groups in total. The van der Waals surface area contributed by atoms with Crippen molar-refractivity contribution in [2.75, 3.05) is 27.3 Å². The number of amides is 1. The first-order chi connectivity index (χ1) is 12.5. The SMILES string of the molecule is COC(=O)N1CC(C(=O)O)C(c2ccc(OC)c(OC3CCCC3)c2)C1. The predicted molar refractivity (Wildman–Crippen MR) is 93.7 cm³/mol. The van der Waals surface area contributed by atoms with Crippen LogP contribution in [0.4, 0.5) is 4.79 Å². The first-order valence-electron chi connectivity index (χ1n) is 8.93. The number of carboxylic acid groups (broad SMARTS) is 1. The molecule has 1 aliphatic carbocycles. The van der Waals surface area contributed by atoms with E-state index in [0.717, 1.165) is 31.2 Å². The summed E-state index contributed by atoms with van der Waals surface area (Å²) in [5.41, 5.74) is 0.831. The Morgan fingerprint density at radius 3 is 2.46 bits per heavy atom. The number of nitrogens with zero attached hydrogens (tertiary/aromatic N) is 1. The molecule has 1 aromatic carbocycles. The van der Waals surface area contributed by atoms with Gasteiger partial charge in [0, 0.05) is 19.0 Å². The Morgan fingerprint density at radius 1 is 1.12 bits per heavy atom. The lowest BCUT2D eigenvalue weighted by atomic mass is 9.89. The average molecular weight is 363 g/mol. The molecule has 26 heavy (non-hydrogen) atoms. The smallest absolute Gasteiger partial charge is 0.409 e. The number of likely N-dealkylation sites (tertiary alicyclic amines) is 1. The van der Waals surface area contributed by atoms with E-state index in [1.807, 2.05) is 12.1 Å². The van der Waals surface area contributed by atoms with Crippen LogP contribution in [0.15, 0.2) is 18.2 Å². The number of carboxylic acids is 1. The van der Waals surface area contributed by atoms with E-state index in [9.17, 15) is 14.7 Å². The quantitative estimate of drug-likeness (QED) is 0.866. The van der Waals surface area contributed by atoms with Crippen LogP contribution < -0.4 is 9.47 Å². The molecule has 0 radical (unpaired) electrons. The van der Waals surface area contributed by atoms with Crippen LogP contribution in [-0.2, 0) is 9.53 Å². The van der Waals surface area contributed by atoms with Crippen LogP contribution in [0.5, 0.6) is 11.5 Å². The van der Waals surface area contributed by atoms with Crippen LogP contribution in [-0.4, -0.2) is 55.5 Å². The summed E-state index contributed by atoms with van der Waals surface area (Å²) in [6.45, 7) is 0.441. The highest BCUT2D eigenvalue weighted by Gasteiger charge is 2.41. The number of ether oxygens (including phenoxy) is 3. The predicted octanol–water partition coefficient (Wildman–Crippen LogP) is 2.88. The molecule has 7 heteroatoms. The third-order valence-electron chi connectivity index (χ3n) is 5.28. The second-order valence-electron chi connectivity index (χ2n) is 6.86. The van der Waals surface area contributed by atoms with Gasteiger partial charge in [-0.1, -0.05) is 6.07 Å². The molecule has 2 aliphatic rings. The molecule has 2 atom stereocenters. The van der Waals surface area contributed by atoms with E-state index in [1.54, 1.807) is 13.2 Å². The number of hydrogen-bond donors (Lipinski definition) is 1. The normalized spacial score (nSPS) is 23.1. The Kier molecular flexibility index (Phi) is 5.54. The fourth-order valence-corrected chi connectivity index (χ4v) is 3.87. The van der Waals surface area contributed by atoms with Gasteiger partial charge in [-0.3, -0.25) is 4.79 Å². The molecule has 1 amide bonds.